The summed E-state index contributed by atoms with van der Waals surface area (Å²) in [5, 5.41) is 2.37. The van der Waals surface area contributed by atoms with E-state index in [1.54, 1.807) is 0 Å². The van der Waals surface area contributed by atoms with Crippen LogP contribution in [0, 0.1) is 0 Å². The molecule has 1 aliphatic carbocycles. The summed E-state index contributed by atoms with van der Waals surface area (Å²) < 4.78 is 6.73. The number of benzene rings is 7. The minimum Gasteiger partial charge on any atom is -0.456 e. The molecular weight excluding hydrogens is 546 g/mol. The average molecular weight is 578 g/mol. The van der Waals surface area contributed by atoms with Crippen molar-refractivity contribution in [3.8, 4) is 44.9 Å². The molecule has 1 heterocycles. The minimum absolute atomic E-state index is 0.0791. The van der Waals surface area contributed by atoms with Gasteiger partial charge in [-0.1, -0.05) is 117 Å². The molecule has 0 spiro atoms. The summed E-state index contributed by atoms with van der Waals surface area (Å²) in [6, 6.07) is 54.5. The Kier molecular flexibility index (Phi) is 5.58. The molecular formula is C43H31NO. The molecule has 2 heteroatoms. The smallest absolute Gasteiger partial charge is 0.137 e. The first kappa shape index (κ1) is 25.9. The second kappa shape index (κ2) is 9.70. The van der Waals surface area contributed by atoms with E-state index >= 15 is 0 Å². The molecule has 0 aromatic heterocycles. The Hall–Kier alpha value is -5.60. The first-order valence-corrected chi connectivity index (χ1v) is 15.6. The van der Waals surface area contributed by atoms with E-state index in [1.807, 2.05) is 0 Å². The van der Waals surface area contributed by atoms with E-state index in [4.69, 9.17) is 4.74 Å². The van der Waals surface area contributed by atoms with Gasteiger partial charge < -0.3 is 9.64 Å². The Morgan fingerprint density at radius 3 is 1.91 bits per heavy atom. The highest BCUT2D eigenvalue weighted by Gasteiger charge is 2.35. The van der Waals surface area contributed by atoms with Gasteiger partial charge in [-0.05, 0) is 86.8 Å². The molecule has 0 saturated carbocycles. The summed E-state index contributed by atoms with van der Waals surface area (Å²) in [5.41, 5.74) is 13.4. The van der Waals surface area contributed by atoms with E-state index in [1.165, 1.54) is 49.7 Å². The van der Waals surface area contributed by atoms with Crippen LogP contribution < -0.4 is 9.64 Å². The summed E-state index contributed by atoms with van der Waals surface area (Å²) >= 11 is 0. The largest absolute Gasteiger partial charge is 0.456 e. The van der Waals surface area contributed by atoms with Gasteiger partial charge >= 0.3 is 0 Å². The van der Waals surface area contributed by atoms with Gasteiger partial charge in [0.05, 0.1) is 0 Å². The number of nitrogens with zero attached hydrogens (tertiary/aromatic N) is 1. The molecule has 1 aliphatic heterocycles. The highest BCUT2D eigenvalue weighted by molar-refractivity contribution is 6.10. The Morgan fingerprint density at radius 2 is 1.09 bits per heavy atom. The Labute approximate surface area is 263 Å². The molecule has 0 fully saturated rings. The second-order valence-corrected chi connectivity index (χ2v) is 12.6. The van der Waals surface area contributed by atoms with Crippen molar-refractivity contribution >= 4 is 27.8 Å². The van der Waals surface area contributed by atoms with Gasteiger partial charge in [0.25, 0.3) is 0 Å². The maximum Gasteiger partial charge on any atom is 0.137 e. The van der Waals surface area contributed by atoms with Crippen molar-refractivity contribution in [2.75, 3.05) is 4.90 Å². The maximum absolute atomic E-state index is 6.73. The Morgan fingerprint density at radius 1 is 0.444 bits per heavy atom. The van der Waals surface area contributed by atoms with Crippen LogP contribution in [0.5, 0.6) is 11.5 Å². The first-order valence-electron chi connectivity index (χ1n) is 15.6. The fraction of sp³-hybridized carbons (Fsp3) is 0.0698. The number of anilines is 3. The SMILES string of the molecule is CC1(C)c2ccccc2-c2ccc(N(c3ccccc3)c3ccc4c(c3)Oc3ccc(-c5ccccc5)c5cccc-4c35)cc21. The van der Waals surface area contributed by atoms with Crippen LogP contribution in [0.15, 0.2) is 152 Å². The molecule has 0 amide bonds. The van der Waals surface area contributed by atoms with Crippen LogP contribution >= 0.6 is 0 Å². The van der Waals surface area contributed by atoms with Crippen molar-refractivity contribution in [3.05, 3.63) is 163 Å². The summed E-state index contributed by atoms with van der Waals surface area (Å²) in [7, 11) is 0. The predicted octanol–water partition coefficient (Wildman–Crippen LogP) is 12.1. The number of fused-ring (bicyclic) bond motifs is 5. The van der Waals surface area contributed by atoms with Gasteiger partial charge in [0, 0.05) is 39.5 Å². The van der Waals surface area contributed by atoms with Gasteiger partial charge in [-0.3, -0.25) is 0 Å². The molecule has 2 aliphatic rings. The topological polar surface area (TPSA) is 12.5 Å². The molecule has 9 rings (SSSR count). The summed E-state index contributed by atoms with van der Waals surface area (Å²) in [6.45, 7) is 4.67. The lowest BCUT2D eigenvalue weighted by atomic mass is 9.82. The molecule has 0 radical (unpaired) electrons. The van der Waals surface area contributed by atoms with E-state index < -0.39 is 0 Å². The van der Waals surface area contributed by atoms with Gasteiger partial charge in [-0.25, -0.2) is 0 Å². The third-order valence-corrected chi connectivity index (χ3v) is 9.66. The van der Waals surface area contributed by atoms with E-state index in [0.29, 0.717) is 0 Å². The zero-order valence-electron chi connectivity index (χ0n) is 25.3. The molecule has 0 N–H and O–H groups in total. The van der Waals surface area contributed by atoms with Crippen molar-refractivity contribution in [3.63, 3.8) is 0 Å². The molecule has 0 bridgehead atoms. The zero-order valence-corrected chi connectivity index (χ0v) is 25.3. The molecule has 7 aromatic rings. The normalized spacial score (nSPS) is 13.5. The minimum atomic E-state index is -0.0791. The third-order valence-electron chi connectivity index (χ3n) is 9.66. The van der Waals surface area contributed by atoms with Crippen molar-refractivity contribution in [2.24, 2.45) is 0 Å². The van der Waals surface area contributed by atoms with Crippen LogP contribution in [-0.4, -0.2) is 0 Å². The van der Waals surface area contributed by atoms with Crippen molar-refractivity contribution in [1.82, 2.24) is 0 Å². The van der Waals surface area contributed by atoms with E-state index in [-0.39, 0.29) is 5.41 Å². The summed E-state index contributed by atoms with van der Waals surface area (Å²) in [6.07, 6.45) is 0. The highest BCUT2D eigenvalue weighted by atomic mass is 16.5. The summed E-state index contributed by atoms with van der Waals surface area (Å²) in [4.78, 5) is 2.34. The highest BCUT2D eigenvalue weighted by Crippen LogP contribution is 2.52. The van der Waals surface area contributed by atoms with Crippen molar-refractivity contribution < 1.29 is 4.74 Å². The van der Waals surface area contributed by atoms with Crippen molar-refractivity contribution in [2.45, 2.75) is 19.3 Å². The van der Waals surface area contributed by atoms with Crippen molar-refractivity contribution in [1.29, 1.82) is 0 Å². The lowest BCUT2D eigenvalue weighted by Crippen LogP contribution is -2.16. The van der Waals surface area contributed by atoms with Gasteiger partial charge in [-0.15, -0.1) is 0 Å². The van der Waals surface area contributed by atoms with Gasteiger partial charge in [0.2, 0.25) is 0 Å². The molecule has 214 valence electrons. The number of ether oxygens (including phenoxy) is 1. The Balaban J connectivity index is 1.19. The molecule has 0 saturated heterocycles. The zero-order chi connectivity index (χ0) is 30.1. The standard InChI is InChI=1S/C43H31NO/c1-43(2)38-19-10-9-16-33(38)34-22-20-30(26-39(34)43)44(29-14-7-4-8-15-29)31-21-23-35-37-18-11-17-36-32(28-12-5-3-6-13-28)24-25-40(42(36)37)45-41(35)27-31/h3-27H,1-2H3. The van der Waals surface area contributed by atoms with Crippen LogP contribution in [-0.2, 0) is 5.41 Å². The lowest BCUT2D eigenvalue weighted by molar-refractivity contribution is 0.487. The predicted molar refractivity (Wildman–Crippen MR) is 187 cm³/mol. The van der Waals surface area contributed by atoms with Gasteiger partial charge in [0.15, 0.2) is 0 Å². The van der Waals surface area contributed by atoms with Crippen LogP contribution in [0.4, 0.5) is 17.1 Å². The van der Waals surface area contributed by atoms with E-state index in [2.05, 4.69) is 170 Å². The van der Waals surface area contributed by atoms with Crippen LogP contribution in [0.3, 0.4) is 0 Å². The van der Waals surface area contributed by atoms with Crippen LogP contribution in [0.25, 0.3) is 44.2 Å². The monoisotopic (exact) mass is 577 g/mol. The molecule has 2 nitrogen and oxygen atoms in total. The third kappa shape index (κ3) is 3.89. The average Bonchev–Trinajstić information content (AvgIpc) is 3.32. The van der Waals surface area contributed by atoms with Gasteiger partial charge in [-0.2, -0.15) is 0 Å². The molecule has 0 atom stereocenters. The van der Waals surface area contributed by atoms with E-state index in [9.17, 15) is 0 Å². The van der Waals surface area contributed by atoms with Gasteiger partial charge in [0.1, 0.15) is 11.5 Å². The lowest BCUT2D eigenvalue weighted by Gasteiger charge is -2.29. The number of rotatable bonds is 4. The molecule has 45 heavy (non-hydrogen) atoms. The number of para-hydroxylation sites is 1. The number of hydrogen-bond donors (Lipinski definition) is 0. The van der Waals surface area contributed by atoms with E-state index in [0.717, 1.165) is 34.1 Å². The summed E-state index contributed by atoms with van der Waals surface area (Å²) in [5.74, 6) is 1.77. The molecule has 7 aromatic carbocycles. The fourth-order valence-corrected chi connectivity index (χ4v) is 7.48. The first-order chi connectivity index (χ1) is 22.1. The second-order valence-electron chi connectivity index (χ2n) is 12.6. The quantitative estimate of drug-likeness (QED) is 0.206. The fourth-order valence-electron chi connectivity index (χ4n) is 7.48. The maximum atomic E-state index is 6.73. The van der Waals surface area contributed by atoms with Crippen LogP contribution in [0.1, 0.15) is 25.0 Å². The number of hydrogen-bond acceptors (Lipinski definition) is 2. The molecule has 0 unspecified atom stereocenters. The Bertz CT molecular complexity index is 2270. The van der Waals surface area contributed by atoms with Crippen LogP contribution in [0.2, 0.25) is 0 Å².